The van der Waals surface area contributed by atoms with E-state index in [4.69, 9.17) is 5.11 Å². The van der Waals surface area contributed by atoms with E-state index in [9.17, 15) is 9.59 Å². The van der Waals surface area contributed by atoms with E-state index in [1.54, 1.807) is 12.1 Å². The zero-order valence-electron chi connectivity index (χ0n) is 10.9. The molecule has 0 heterocycles. The monoisotopic (exact) mass is 328 g/mol. The van der Waals surface area contributed by atoms with Crippen molar-refractivity contribution < 1.29 is 14.7 Å². The second kappa shape index (κ2) is 7.13. The SMILES string of the molecule is CC(C)CCNC(=O)Nc1ccc(Br)c(C(=O)O)c1. The van der Waals surface area contributed by atoms with Crippen molar-refractivity contribution in [2.24, 2.45) is 5.92 Å². The van der Waals surface area contributed by atoms with Crippen LogP contribution < -0.4 is 10.6 Å². The molecule has 0 spiro atoms. The minimum Gasteiger partial charge on any atom is -0.478 e. The summed E-state index contributed by atoms with van der Waals surface area (Å²) in [5, 5.41) is 14.3. The first kappa shape index (κ1) is 15.5. The molecule has 1 aromatic rings. The van der Waals surface area contributed by atoms with Crippen LogP contribution in [0.3, 0.4) is 0 Å². The smallest absolute Gasteiger partial charge is 0.336 e. The summed E-state index contributed by atoms with van der Waals surface area (Å²) in [5.74, 6) is -0.526. The maximum Gasteiger partial charge on any atom is 0.336 e. The Morgan fingerprint density at radius 3 is 2.63 bits per heavy atom. The molecular weight excluding hydrogens is 312 g/mol. The van der Waals surface area contributed by atoms with Gasteiger partial charge in [-0.05, 0) is 46.5 Å². The third kappa shape index (κ3) is 5.30. The maximum atomic E-state index is 11.6. The maximum absolute atomic E-state index is 11.6. The molecule has 0 aromatic heterocycles. The Bertz CT molecular complexity index is 475. The van der Waals surface area contributed by atoms with Crippen LogP contribution in [-0.4, -0.2) is 23.7 Å². The highest BCUT2D eigenvalue weighted by atomic mass is 79.9. The molecule has 0 aliphatic rings. The second-order valence-electron chi connectivity index (χ2n) is 4.56. The Labute approximate surface area is 120 Å². The van der Waals surface area contributed by atoms with Crippen molar-refractivity contribution in [1.82, 2.24) is 5.32 Å². The third-order valence-electron chi connectivity index (χ3n) is 2.46. The molecule has 0 saturated carbocycles. The number of benzene rings is 1. The number of carbonyl (C=O) groups is 2. The molecule has 0 saturated heterocycles. The van der Waals surface area contributed by atoms with Crippen LogP contribution in [0.25, 0.3) is 0 Å². The van der Waals surface area contributed by atoms with Gasteiger partial charge in [-0.3, -0.25) is 0 Å². The van der Waals surface area contributed by atoms with Crippen molar-refractivity contribution in [3.63, 3.8) is 0 Å². The summed E-state index contributed by atoms with van der Waals surface area (Å²) in [7, 11) is 0. The summed E-state index contributed by atoms with van der Waals surface area (Å²) in [4.78, 5) is 22.5. The van der Waals surface area contributed by atoms with E-state index in [1.807, 2.05) is 0 Å². The van der Waals surface area contributed by atoms with Gasteiger partial charge < -0.3 is 15.7 Å². The van der Waals surface area contributed by atoms with Gasteiger partial charge in [-0.25, -0.2) is 9.59 Å². The average Bonchev–Trinajstić information content (AvgIpc) is 2.30. The molecule has 0 radical (unpaired) electrons. The Hall–Kier alpha value is -1.56. The van der Waals surface area contributed by atoms with E-state index in [0.29, 0.717) is 22.6 Å². The van der Waals surface area contributed by atoms with E-state index in [-0.39, 0.29) is 11.6 Å². The van der Waals surface area contributed by atoms with Gasteiger partial charge in [0.05, 0.1) is 5.56 Å². The topological polar surface area (TPSA) is 78.4 Å². The molecule has 1 rings (SSSR count). The number of anilines is 1. The predicted octanol–water partition coefficient (Wildman–Crippen LogP) is 3.31. The van der Waals surface area contributed by atoms with Crippen molar-refractivity contribution >= 4 is 33.6 Å². The van der Waals surface area contributed by atoms with E-state index in [1.165, 1.54) is 6.07 Å². The van der Waals surface area contributed by atoms with Crippen molar-refractivity contribution in [3.8, 4) is 0 Å². The lowest BCUT2D eigenvalue weighted by atomic mass is 10.1. The fourth-order valence-corrected chi connectivity index (χ4v) is 1.83. The third-order valence-corrected chi connectivity index (χ3v) is 3.15. The number of hydrogen-bond donors (Lipinski definition) is 3. The van der Waals surface area contributed by atoms with E-state index < -0.39 is 5.97 Å². The summed E-state index contributed by atoms with van der Waals surface area (Å²) in [6.07, 6.45) is 0.897. The second-order valence-corrected chi connectivity index (χ2v) is 5.42. The number of aromatic carboxylic acids is 1. The summed E-state index contributed by atoms with van der Waals surface area (Å²) in [6.45, 7) is 4.74. The van der Waals surface area contributed by atoms with Gasteiger partial charge in [-0.15, -0.1) is 0 Å². The highest BCUT2D eigenvalue weighted by Gasteiger charge is 2.10. The van der Waals surface area contributed by atoms with Crippen LogP contribution in [0.15, 0.2) is 22.7 Å². The lowest BCUT2D eigenvalue weighted by molar-refractivity contribution is 0.0696. The number of carboxylic acids is 1. The molecule has 0 aliphatic carbocycles. The molecular formula is C13H17BrN2O3. The largest absolute Gasteiger partial charge is 0.478 e. The molecule has 0 aliphatic heterocycles. The van der Waals surface area contributed by atoms with Gasteiger partial charge in [-0.1, -0.05) is 13.8 Å². The highest BCUT2D eigenvalue weighted by molar-refractivity contribution is 9.10. The molecule has 104 valence electrons. The molecule has 3 N–H and O–H groups in total. The van der Waals surface area contributed by atoms with Crippen molar-refractivity contribution in [2.45, 2.75) is 20.3 Å². The van der Waals surface area contributed by atoms with E-state index >= 15 is 0 Å². The molecule has 2 amide bonds. The summed E-state index contributed by atoms with van der Waals surface area (Å²) < 4.78 is 0.478. The van der Waals surface area contributed by atoms with Crippen LogP contribution in [-0.2, 0) is 0 Å². The van der Waals surface area contributed by atoms with E-state index in [2.05, 4.69) is 40.4 Å². The number of amides is 2. The fraction of sp³-hybridized carbons (Fsp3) is 0.385. The van der Waals surface area contributed by atoms with Gasteiger partial charge in [0.25, 0.3) is 0 Å². The molecule has 5 nitrogen and oxygen atoms in total. The number of nitrogens with one attached hydrogen (secondary N) is 2. The lowest BCUT2D eigenvalue weighted by Crippen LogP contribution is -2.30. The first-order valence-corrected chi connectivity index (χ1v) is 6.77. The zero-order valence-corrected chi connectivity index (χ0v) is 12.5. The van der Waals surface area contributed by atoms with Crippen molar-refractivity contribution in [2.75, 3.05) is 11.9 Å². The minimum absolute atomic E-state index is 0.111. The highest BCUT2D eigenvalue weighted by Crippen LogP contribution is 2.21. The average molecular weight is 329 g/mol. The molecule has 1 aromatic carbocycles. The summed E-state index contributed by atoms with van der Waals surface area (Å²) in [6, 6.07) is 4.31. The van der Waals surface area contributed by atoms with Gasteiger partial charge in [0.2, 0.25) is 0 Å². The van der Waals surface area contributed by atoms with Gasteiger partial charge in [0, 0.05) is 16.7 Å². The Morgan fingerprint density at radius 1 is 1.37 bits per heavy atom. The van der Waals surface area contributed by atoms with E-state index in [0.717, 1.165) is 6.42 Å². The fourth-order valence-electron chi connectivity index (χ4n) is 1.42. The zero-order chi connectivity index (χ0) is 14.4. The number of rotatable bonds is 5. The molecule has 6 heteroatoms. The number of carboxylic acid groups (broad SMARTS) is 1. The van der Waals surface area contributed by atoms with Crippen LogP contribution in [0.2, 0.25) is 0 Å². The van der Waals surface area contributed by atoms with Crippen LogP contribution in [0.1, 0.15) is 30.6 Å². The number of carbonyl (C=O) groups excluding carboxylic acids is 1. The number of halogens is 1. The molecule has 19 heavy (non-hydrogen) atoms. The van der Waals surface area contributed by atoms with Gasteiger partial charge in [0.1, 0.15) is 0 Å². The molecule has 0 unspecified atom stereocenters. The Morgan fingerprint density at radius 2 is 2.05 bits per heavy atom. The minimum atomic E-state index is -1.05. The molecule has 0 fully saturated rings. The predicted molar refractivity (Wildman–Crippen MR) is 77.6 cm³/mol. The van der Waals surface area contributed by atoms with Crippen LogP contribution in [0.5, 0.6) is 0 Å². The Kier molecular flexibility index (Phi) is 5.82. The van der Waals surface area contributed by atoms with Crippen LogP contribution in [0, 0.1) is 5.92 Å². The van der Waals surface area contributed by atoms with Crippen LogP contribution >= 0.6 is 15.9 Å². The first-order chi connectivity index (χ1) is 8.90. The quantitative estimate of drug-likeness (QED) is 0.775. The normalized spacial score (nSPS) is 10.3. The van der Waals surface area contributed by atoms with Gasteiger partial charge in [0.15, 0.2) is 0 Å². The summed E-state index contributed by atoms with van der Waals surface area (Å²) in [5.41, 5.74) is 0.558. The van der Waals surface area contributed by atoms with Gasteiger partial charge >= 0.3 is 12.0 Å². The summed E-state index contributed by atoms with van der Waals surface area (Å²) >= 11 is 3.15. The number of urea groups is 1. The van der Waals surface area contributed by atoms with Crippen LogP contribution in [0.4, 0.5) is 10.5 Å². The first-order valence-electron chi connectivity index (χ1n) is 5.98. The number of hydrogen-bond acceptors (Lipinski definition) is 2. The molecule has 0 bridgehead atoms. The Balaban J connectivity index is 2.60. The van der Waals surface area contributed by atoms with Crippen molar-refractivity contribution in [3.05, 3.63) is 28.2 Å². The molecule has 0 atom stereocenters. The lowest BCUT2D eigenvalue weighted by Gasteiger charge is -2.10. The standard InChI is InChI=1S/C13H17BrN2O3/c1-8(2)5-6-15-13(19)16-9-3-4-11(14)10(7-9)12(17)18/h3-4,7-8H,5-6H2,1-2H3,(H,17,18)(H2,15,16,19). The van der Waals surface area contributed by atoms with Crippen molar-refractivity contribution in [1.29, 1.82) is 0 Å². The van der Waals surface area contributed by atoms with Gasteiger partial charge in [-0.2, -0.15) is 0 Å².